The predicted octanol–water partition coefficient (Wildman–Crippen LogP) is 3.25. The van der Waals surface area contributed by atoms with Gasteiger partial charge in [-0.2, -0.15) is 0 Å². The summed E-state index contributed by atoms with van der Waals surface area (Å²) >= 11 is 0. The van der Waals surface area contributed by atoms with Crippen molar-refractivity contribution in [1.29, 1.82) is 0 Å². The van der Waals surface area contributed by atoms with Crippen LogP contribution in [-0.4, -0.2) is 31.3 Å². The number of benzene rings is 2. The molecular formula is C19H18O6. The number of carboxylic acids is 1. The van der Waals surface area contributed by atoms with E-state index < -0.39 is 11.9 Å². The summed E-state index contributed by atoms with van der Waals surface area (Å²) in [4.78, 5) is 22.6. The molecule has 2 rings (SSSR count). The maximum Gasteiger partial charge on any atom is 0.336 e. The molecule has 0 fully saturated rings. The minimum Gasteiger partial charge on any atom is -0.493 e. The van der Waals surface area contributed by atoms with E-state index in [1.54, 1.807) is 42.5 Å². The fraction of sp³-hybridized carbons (Fsp3) is 0.158. The van der Waals surface area contributed by atoms with Gasteiger partial charge in [0.2, 0.25) is 0 Å². The summed E-state index contributed by atoms with van der Waals surface area (Å²) in [5.41, 5.74) is 1.23. The van der Waals surface area contributed by atoms with Crippen LogP contribution in [-0.2, 0) is 9.59 Å². The van der Waals surface area contributed by atoms with E-state index in [1.807, 2.05) is 0 Å². The second-order valence-electron chi connectivity index (χ2n) is 5.10. The first kappa shape index (κ1) is 18.1. The van der Waals surface area contributed by atoms with Crippen molar-refractivity contribution in [2.75, 3.05) is 14.2 Å². The molecule has 0 heterocycles. The molecule has 0 atom stereocenters. The van der Waals surface area contributed by atoms with Crippen LogP contribution in [0.3, 0.4) is 0 Å². The Balaban J connectivity index is 2.39. The second kappa shape index (κ2) is 8.01. The van der Waals surface area contributed by atoms with Gasteiger partial charge in [-0.15, -0.1) is 0 Å². The molecule has 0 saturated carbocycles. The lowest BCUT2D eigenvalue weighted by Crippen LogP contribution is -2.02. The van der Waals surface area contributed by atoms with Crippen LogP contribution in [0.1, 0.15) is 18.1 Å². The summed E-state index contributed by atoms with van der Waals surface area (Å²) in [6, 6.07) is 11.4. The summed E-state index contributed by atoms with van der Waals surface area (Å²) in [5, 5.41) is 9.54. The molecule has 0 aliphatic rings. The molecule has 0 aromatic heterocycles. The van der Waals surface area contributed by atoms with Crippen LogP contribution < -0.4 is 14.2 Å². The Morgan fingerprint density at radius 1 is 0.960 bits per heavy atom. The van der Waals surface area contributed by atoms with Gasteiger partial charge in [0.15, 0.2) is 11.5 Å². The SMILES string of the molecule is COc1ccc(C(=Cc2ccc(OC(C)=O)cc2)C(=O)O)cc1OC. The Bertz CT molecular complexity index is 805. The number of aliphatic carboxylic acids is 1. The molecule has 1 N–H and O–H groups in total. The van der Waals surface area contributed by atoms with E-state index in [0.29, 0.717) is 28.4 Å². The quantitative estimate of drug-likeness (QED) is 0.375. The normalized spacial score (nSPS) is 10.9. The number of carboxylic acid groups (broad SMARTS) is 1. The largest absolute Gasteiger partial charge is 0.493 e. The maximum atomic E-state index is 11.7. The van der Waals surface area contributed by atoms with Crippen LogP contribution in [0.15, 0.2) is 42.5 Å². The second-order valence-corrected chi connectivity index (χ2v) is 5.10. The summed E-state index contributed by atoms with van der Waals surface area (Å²) in [6.07, 6.45) is 1.53. The van der Waals surface area contributed by atoms with E-state index in [-0.39, 0.29) is 5.57 Å². The number of carbonyl (C=O) groups excluding carboxylic acids is 1. The van der Waals surface area contributed by atoms with Gasteiger partial charge in [0.1, 0.15) is 5.75 Å². The van der Waals surface area contributed by atoms with E-state index in [0.717, 1.165) is 0 Å². The van der Waals surface area contributed by atoms with Crippen LogP contribution >= 0.6 is 0 Å². The molecule has 0 radical (unpaired) electrons. The lowest BCUT2D eigenvalue weighted by atomic mass is 10.0. The summed E-state index contributed by atoms with van der Waals surface area (Å²) in [6.45, 7) is 1.31. The van der Waals surface area contributed by atoms with Gasteiger partial charge in [-0.1, -0.05) is 18.2 Å². The maximum absolute atomic E-state index is 11.7. The Hall–Kier alpha value is -3.28. The molecule has 130 valence electrons. The van der Waals surface area contributed by atoms with Gasteiger partial charge in [0, 0.05) is 6.92 Å². The van der Waals surface area contributed by atoms with Crippen molar-refractivity contribution in [3.63, 3.8) is 0 Å². The van der Waals surface area contributed by atoms with E-state index in [4.69, 9.17) is 14.2 Å². The first-order chi connectivity index (χ1) is 11.9. The zero-order chi connectivity index (χ0) is 18.4. The monoisotopic (exact) mass is 342 g/mol. The van der Waals surface area contributed by atoms with E-state index in [2.05, 4.69) is 0 Å². The zero-order valence-electron chi connectivity index (χ0n) is 14.1. The molecule has 0 bridgehead atoms. The van der Waals surface area contributed by atoms with Gasteiger partial charge in [-0.05, 0) is 41.5 Å². The Kier molecular flexibility index (Phi) is 5.79. The molecule has 2 aromatic rings. The highest BCUT2D eigenvalue weighted by Gasteiger charge is 2.14. The molecule has 0 aliphatic heterocycles. The van der Waals surface area contributed by atoms with Crippen molar-refractivity contribution in [3.8, 4) is 17.2 Å². The number of ether oxygens (including phenoxy) is 3. The average Bonchev–Trinajstić information content (AvgIpc) is 2.59. The van der Waals surface area contributed by atoms with Gasteiger partial charge in [-0.25, -0.2) is 4.79 Å². The van der Waals surface area contributed by atoms with Crippen molar-refractivity contribution in [3.05, 3.63) is 53.6 Å². The van der Waals surface area contributed by atoms with Crippen molar-refractivity contribution >= 4 is 23.6 Å². The molecule has 0 saturated heterocycles. The van der Waals surface area contributed by atoms with Gasteiger partial charge in [0.05, 0.1) is 19.8 Å². The van der Waals surface area contributed by atoms with Crippen molar-refractivity contribution in [1.82, 2.24) is 0 Å². The van der Waals surface area contributed by atoms with Crippen molar-refractivity contribution in [2.45, 2.75) is 6.92 Å². The lowest BCUT2D eigenvalue weighted by molar-refractivity contribution is -0.132. The molecule has 0 unspecified atom stereocenters. The van der Waals surface area contributed by atoms with E-state index in [1.165, 1.54) is 27.2 Å². The number of methoxy groups -OCH3 is 2. The van der Waals surface area contributed by atoms with Gasteiger partial charge in [0.25, 0.3) is 0 Å². The van der Waals surface area contributed by atoms with Crippen LogP contribution in [0, 0.1) is 0 Å². The van der Waals surface area contributed by atoms with Crippen molar-refractivity contribution in [2.24, 2.45) is 0 Å². The van der Waals surface area contributed by atoms with Crippen LogP contribution in [0.4, 0.5) is 0 Å². The minimum absolute atomic E-state index is 0.0983. The molecule has 2 aromatic carbocycles. The van der Waals surface area contributed by atoms with Gasteiger partial charge in [-0.3, -0.25) is 4.79 Å². The fourth-order valence-corrected chi connectivity index (χ4v) is 2.24. The summed E-state index contributed by atoms with van der Waals surface area (Å²) in [7, 11) is 3.00. The average molecular weight is 342 g/mol. The Morgan fingerprint density at radius 2 is 1.60 bits per heavy atom. The number of hydrogen-bond acceptors (Lipinski definition) is 5. The Labute approximate surface area is 145 Å². The van der Waals surface area contributed by atoms with Crippen LogP contribution in [0.2, 0.25) is 0 Å². The van der Waals surface area contributed by atoms with E-state index in [9.17, 15) is 14.7 Å². The smallest absolute Gasteiger partial charge is 0.336 e. The molecule has 25 heavy (non-hydrogen) atoms. The number of hydrogen-bond donors (Lipinski definition) is 1. The zero-order valence-corrected chi connectivity index (χ0v) is 14.1. The Morgan fingerprint density at radius 3 is 2.12 bits per heavy atom. The summed E-state index contributed by atoms with van der Waals surface area (Å²) < 4.78 is 15.3. The van der Waals surface area contributed by atoms with E-state index >= 15 is 0 Å². The molecule has 0 spiro atoms. The first-order valence-corrected chi connectivity index (χ1v) is 7.40. The summed E-state index contributed by atoms with van der Waals surface area (Å²) in [5.74, 6) is -0.136. The lowest BCUT2D eigenvalue weighted by Gasteiger charge is -2.10. The molecule has 0 amide bonds. The van der Waals surface area contributed by atoms with Gasteiger partial charge >= 0.3 is 11.9 Å². The fourth-order valence-electron chi connectivity index (χ4n) is 2.24. The molecule has 6 nitrogen and oxygen atoms in total. The van der Waals surface area contributed by atoms with Gasteiger partial charge < -0.3 is 19.3 Å². The number of rotatable bonds is 6. The third-order valence-corrected chi connectivity index (χ3v) is 3.38. The standard InChI is InChI=1S/C19H18O6/c1-12(20)25-15-7-4-13(5-8-15)10-16(19(21)22)14-6-9-17(23-2)18(11-14)24-3/h4-11H,1-3H3,(H,21,22). The molecule has 6 heteroatoms. The predicted molar refractivity (Wildman–Crippen MR) is 92.8 cm³/mol. The minimum atomic E-state index is -1.07. The van der Waals surface area contributed by atoms with Crippen LogP contribution in [0.25, 0.3) is 11.6 Å². The third-order valence-electron chi connectivity index (χ3n) is 3.38. The highest BCUT2D eigenvalue weighted by Crippen LogP contribution is 2.31. The highest BCUT2D eigenvalue weighted by atomic mass is 16.5. The third kappa shape index (κ3) is 4.60. The first-order valence-electron chi connectivity index (χ1n) is 7.40. The number of carbonyl (C=O) groups is 2. The highest BCUT2D eigenvalue weighted by molar-refractivity contribution is 6.20. The molecular weight excluding hydrogens is 324 g/mol. The topological polar surface area (TPSA) is 82.1 Å². The van der Waals surface area contributed by atoms with Crippen LogP contribution in [0.5, 0.6) is 17.2 Å². The molecule has 0 aliphatic carbocycles. The van der Waals surface area contributed by atoms with Crippen molar-refractivity contribution < 1.29 is 28.9 Å². The number of esters is 1.